The number of hydrogen-bond acceptors (Lipinski definition) is 3. The zero-order chi connectivity index (χ0) is 18.2. The first-order chi connectivity index (χ1) is 12.0. The zero-order valence-corrected chi connectivity index (χ0v) is 19.0. The summed E-state index contributed by atoms with van der Waals surface area (Å²) in [5, 5.41) is 6.66. The van der Waals surface area contributed by atoms with Crippen LogP contribution in [-0.2, 0) is 9.84 Å². The van der Waals surface area contributed by atoms with Crippen molar-refractivity contribution in [1.29, 1.82) is 0 Å². The van der Waals surface area contributed by atoms with Gasteiger partial charge in [0, 0.05) is 20.1 Å². The first-order valence-electron chi connectivity index (χ1n) is 9.24. The molecule has 7 heteroatoms. The molecule has 0 amide bonds. The van der Waals surface area contributed by atoms with Gasteiger partial charge in [-0.25, -0.2) is 8.42 Å². The summed E-state index contributed by atoms with van der Waals surface area (Å²) in [6.45, 7) is 3.79. The smallest absolute Gasteiger partial charge is 0.190 e. The number of nitrogens with zero attached hydrogens (tertiary/aromatic N) is 1. The van der Waals surface area contributed by atoms with Crippen LogP contribution < -0.4 is 10.6 Å². The fourth-order valence-electron chi connectivity index (χ4n) is 3.49. The predicted molar refractivity (Wildman–Crippen MR) is 119 cm³/mol. The Labute approximate surface area is 175 Å². The van der Waals surface area contributed by atoms with Crippen LogP contribution in [0.3, 0.4) is 0 Å². The van der Waals surface area contributed by atoms with Crippen molar-refractivity contribution in [2.75, 3.05) is 25.9 Å². The summed E-state index contributed by atoms with van der Waals surface area (Å²) in [6, 6.07) is 8.63. The molecule has 2 rings (SSSR count). The Bertz CT molecular complexity index is 657. The van der Waals surface area contributed by atoms with E-state index in [0.717, 1.165) is 12.5 Å². The van der Waals surface area contributed by atoms with Crippen LogP contribution in [0.25, 0.3) is 0 Å². The number of guanidine groups is 1. The molecule has 0 saturated heterocycles. The Kier molecular flexibility index (Phi) is 9.92. The van der Waals surface area contributed by atoms with Gasteiger partial charge in [-0.05, 0) is 43.2 Å². The van der Waals surface area contributed by atoms with E-state index in [9.17, 15) is 8.42 Å². The second kappa shape index (κ2) is 11.1. The maximum Gasteiger partial charge on any atom is 0.190 e. The third-order valence-electron chi connectivity index (χ3n) is 5.25. The quantitative estimate of drug-likeness (QED) is 0.251. The average Bonchev–Trinajstić information content (AvgIpc) is 3.11. The van der Waals surface area contributed by atoms with Gasteiger partial charge >= 0.3 is 0 Å². The van der Waals surface area contributed by atoms with Gasteiger partial charge in [0.15, 0.2) is 15.8 Å². The highest BCUT2D eigenvalue weighted by Crippen LogP contribution is 2.40. The Morgan fingerprint density at radius 1 is 1.15 bits per heavy atom. The highest BCUT2D eigenvalue weighted by Gasteiger charge is 2.31. The lowest BCUT2D eigenvalue weighted by Crippen LogP contribution is -2.43. The van der Waals surface area contributed by atoms with E-state index < -0.39 is 9.84 Å². The Hall–Kier alpha value is -0.830. The number of aliphatic imine (C=N–C) groups is 1. The molecule has 1 aliphatic carbocycles. The average molecular weight is 493 g/mol. The lowest BCUT2D eigenvalue weighted by atomic mass is 9.83. The summed E-state index contributed by atoms with van der Waals surface area (Å²) < 4.78 is 24.5. The number of halogens is 1. The van der Waals surface area contributed by atoms with E-state index in [1.165, 1.54) is 32.1 Å². The fraction of sp³-hybridized carbons (Fsp3) is 0.632. The van der Waals surface area contributed by atoms with E-state index in [1.54, 1.807) is 31.3 Å². The van der Waals surface area contributed by atoms with Gasteiger partial charge in [-0.15, -0.1) is 24.0 Å². The van der Waals surface area contributed by atoms with Crippen molar-refractivity contribution >= 4 is 39.8 Å². The molecule has 26 heavy (non-hydrogen) atoms. The molecule has 1 aliphatic rings. The third kappa shape index (κ3) is 6.72. The number of nitrogens with one attached hydrogen (secondary N) is 2. The van der Waals surface area contributed by atoms with Crippen LogP contribution >= 0.6 is 24.0 Å². The van der Waals surface area contributed by atoms with Crippen LogP contribution in [0.15, 0.2) is 40.2 Å². The first kappa shape index (κ1) is 23.2. The maximum absolute atomic E-state index is 12.3. The van der Waals surface area contributed by atoms with Crippen LogP contribution in [0, 0.1) is 5.41 Å². The van der Waals surface area contributed by atoms with Crippen LogP contribution in [0.1, 0.15) is 45.4 Å². The summed E-state index contributed by atoms with van der Waals surface area (Å²) >= 11 is 0. The van der Waals surface area contributed by atoms with Crippen molar-refractivity contribution in [2.45, 2.75) is 50.3 Å². The molecule has 1 aromatic carbocycles. The zero-order valence-electron chi connectivity index (χ0n) is 15.8. The molecule has 0 heterocycles. The minimum Gasteiger partial charge on any atom is -0.356 e. The molecule has 0 bridgehead atoms. The van der Waals surface area contributed by atoms with Gasteiger partial charge in [0.1, 0.15) is 0 Å². The number of benzene rings is 1. The van der Waals surface area contributed by atoms with Crippen molar-refractivity contribution in [2.24, 2.45) is 10.4 Å². The molecule has 1 saturated carbocycles. The molecule has 0 atom stereocenters. The Morgan fingerprint density at radius 3 is 2.38 bits per heavy atom. The molecule has 0 unspecified atom stereocenters. The predicted octanol–water partition coefficient (Wildman–Crippen LogP) is 3.60. The highest BCUT2D eigenvalue weighted by molar-refractivity contribution is 14.0. The second-order valence-electron chi connectivity index (χ2n) is 6.90. The molecule has 0 spiro atoms. The minimum atomic E-state index is -3.20. The van der Waals surface area contributed by atoms with Gasteiger partial charge in [0.25, 0.3) is 0 Å². The normalized spacial score (nSPS) is 16.8. The molecule has 5 nitrogen and oxygen atoms in total. The van der Waals surface area contributed by atoms with Crippen LogP contribution in [0.5, 0.6) is 0 Å². The minimum absolute atomic E-state index is 0. The van der Waals surface area contributed by atoms with Crippen LogP contribution in [0.4, 0.5) is 0 Å². The highest BCUT2D eigenvalue weighted by atomic mass is 127. The summed E-state index contributed by atoms with van der Waals surface area (Å²) in [6.07, 6.45) is 6.94. The molecule has 0 aromatic heterocycles. The molecule has 2 N–H and O–H groups in total. The molecular weight excluding hydrogens is 461 g/mol. The monoisotopic (exact) mass is 493 g/mol. The van der Waals surface area contributed by atoms with Gasteiger partial charge in [0.05, 0.1) is 10.6 Å². The van der Waals surface area contributed by atoms with Crippen molar-refractivity contribution in [3.05, 3.63) is 30.3 Å². The van der Waals surface area contributed by atoms with Crippen molar-refractivity contribution < 1.29 is 8.42 Å². The van der Waals surface area contributed by atoms with Crippen molar-refractivity contribution in [1.82, 2.24) is 10.6 Å². The molecule has 0 aliphatic heterocycles. The van der Waals surface area contributed by atoms with E-state index >= 15 is 0 Å². The Morgan fingerprint density at radius 2 is 1.81 bits per heavy atom. The lowest BCUT2D eigenvalue weighted by molar-refractivity contribution is 0.283. The van der Waals surface area contributed by atoms with Gasteiger partial charge < -0.3 is 10.6 Å². The molecule has 0 radical (unpaired) electrons. The van der Waals surface area contributed by atoms with E-state index in [4.69, 9.17) is 0 Å². The SMILES string of the molecule is CCC1(CNC(=NC)NCCCS(=O)(=O)c2ccccc2)CCCC1.I. The lowest BCUT2D eigenvalue weighted by Gasteiger charge is -2.28. The second-order valence-corrected chi connectivity index (χ2v) is 9.01. The molecule has 1 fully saturated rings. The maximum atomic E-state index is 12.3. The summed E-state index contributed by atoms with van der Waals surface area (Å²) in [4.78, 5) is 4.64. The number of sulfone groups is 1. The third-order valence-corrected chi connectivity index (χ3v) is 7.07. The van der Waals surface area contributed by atoms with Crippen LogP contribution in [-0.4, -0.2) is 40.3 Å². The number of hydrogen-bond donors (Lipinski definition) is 2. The van der Waals surface area contributed by atoms with Crippen LogP contribution in [0.2, 0.25) is 0 Å². The van der Waals surface area contributed by atoms with Gasteiger partial charge in [-0.2, -0.15) is 0 Å². The number of rotatable bonds is 8. The summed E-state index contributed by atoms with van der Waals surface area (Å²) in [5.74, 6) is 0.900. The van der Waals surface area contributed by atoms with E-state index in [-0.39, 0.29) is 29.7 Å². The van der Waals surface area contributed by atoms with Crippen molar-refractivity contribution in [3.8, 4) is 0 Å². The van der Waals surface area contributed by atoms with E-state index in [2.05, 4.69) is 22.5 Å². The first-order valence-corrected chi connectivity index (χ1v) is 10.9. The molecular formula is C19H32IN3O2S. The fourth-order valence-corrected chi connectivity index (χ4v) is 4.82. The van der Waals surface area contributed by atoms with Gasteiger partial charge in [-0.3, -0.25) is 4.99 Å². The van der Waals surface area contributed by atoms with Gasteiger partial charge in [-0.1, -0.05) is 38.0 Å². The van der Waals surface area contributed by atoms with Crippen molar-refractivity contribution in [3.63, 3.8) is 0 Å². The largest absolute Gasteiger partial charge is 0.356 e. The van der Waals surface area contributed by atoms with Gasteiger partial charge in [0.2, 0.25) is 0 Å². The standard InChI is InChI=1S/C19H31N3O2S.HI/c1-3-19(12-7-8-13-19)16-22-18(20-2)21-14-9-15-25(23,24)17-10-5-4-6-11-17;/h4-6,10-11H,3,7-9,12-16H2,1-2H3,(H2,20,21,22);1H. The summed E-state index contributed by atoms with van der Waals surface area (Å²) in [5.41, 5.74) is 0.397. The summed E-state index contributed by atoms with van der Waals surface area (Å²) in [7, 11) is -1.45. The molecule has 148 valence electrons. The Balaban J connectivity index is 0.00000338. The topological polar surface area (TPSA) is 70.6 Å². The molecule has 1 aromatic rings. The van der Waals surface area contributed by atoms with E-state index in [0.29, 0.717) is 23.3 Å². The van der Waals surface area contributed by atoms with E-state index in [1.807, 2.05) is 6.07 Å².